The van der Waals surface area contributed by atoms with Gasteiger partial charge in [-0.15, -0.1) is 0 Å². The molecule has 0 radical (unpaired) electrons. The highest BCUT2D eigenvalue weighted by Gasteiger charge is 2.39. The third-order valence-corrected chi connectivity index (χ3v) is 6.16. The lowest BCUT2D eigenvalue weighted by molar-refractivity contribution is 0.197. The van der Waals surface area contributed by atoms with E-state index in [2.05, 4.69) is 17.4 Å². The fourth-order valence-electron chi connectivity index (χ4n) is 4.02. The van der Waals surface area contributed by atoms with Crippen molar-refractivity contribution in [1.82, 2.24) is 10.4 Å². The Morgan fingerprint density at radius 1 is 1.10 bits per heavy atom. The van der Waals surface area contributed by atoms with Crippen LogP contribution < -0.4 is 10.4 Å². The van der Waals surface area contributed by atoms with Crippen LogP contribution in [0, 0.1) is 11.7 Å². The van der Waals surface area contributed by atoms with Crippen molar-refractivity contribution in [3.05, 3.63) is 64.9 Å². The normalized spacial score (nSPS) is 22.4. The fourth-order valence-corrected chi connectivity index (χ4v) is 4.60. The van der Waals surface area contributed by atoms with Crippen LogP contribution in [0.5, 0.6) is 0 Å². The summed E-state index contributed by atoms with van der Waals surface area (Å²) in [6, 6.07) is 14.1. The minimum Gasteiger partial charge on any atom is -0.308 e. The highest BCUT2D eigenvalue weighted by atomic mass is 35.5. The van der Waals surface area contributed by atoms with Gasteiger partial charge >= 0.3 is 0 Å². The molecular formula is C22H24ClFN4S. The van der Waals surface area contributed by atoms with E-state index in [1.165, 1.54) is 31.4 Å². The zero-order valence-electron chi connectivity index (χ0n) is 16.3. The molecule has 152 valence electrons. The molecule has 7 heteroatoms. The van der Waals surface area contributed by atoms with Gasteiger partial charge in [0.2, 0.25) is 0 Å². The van der Waals surface area contributed by atoms with Crippen molar-refractivity contribution in [3.8, 4) is 0 Å². The van der Waals surface area contributed by atoms with Crippen LogP contribution >= 0.6 is 23.8 Å². The molecule has 1 fully saturated rings. The standard InChI is InChI=1S/C22H24ClFN4S/c1-15-20(22(29)26-27-13-5-2-6-14-27)25-28(19-8-4-3-7-18(19)23)21(15)16-9-11-17(24)12-10-16/h3-4,7-12,15,21H,2,5-6,13-14H2,1H3,(H,26,29)/t15-,21+/m1/s1. The van der Waals surface area contributed by atoms with Crippen LogP contribution in [0.15, 0.2) is 53.6 Å². The molecule has 2 aliphatic rings. The van der Waals surface area contributed by atoms with E-state index in [1.54, 1.807) is 12.1 Å². The Morgan fingerprint density at radius 2 is 1.79 bits per heavy atom. The summed E-state index contributed by atoms with van der Waals surface area (Å²) in [7, 11) is 0. The molecule has 29 heavy (non-hydrogen) atoms. The molecule has 2 aromatic carbocycles. The van der Waals surface area contributed by atoms with Crippen molar-refractivity contribution < 1.29 is 4.39 Å². The van der Waals surface area contributed by atoms with Crippen molar-refractivity contribution in [1.29, 1.82) is 0 Å². The minimum absolute atomic E-state index is 0.0153. The molecule has 0 bridgehead atoms. The van der Waals surface area contributed by atoms with Gasteiger partial charge in [-0.1, -0.05) is 61.4 Å². The maximum atomic E-state index is 13.5. The zero-order valence-corrected chi connectivity index (χ0v) is 17.9. The second-order valence-electron chi connectivity index (χ2n) is 7.55. The Balaban J connectivity index is 1.66. The minimum atomic E-state index is -0.257. The zero-order chi connectivity index (χ0) is 20.4. The van der Waals surface area contributed by atoms with E-state index in [1.807, 2.05) is 29.3 Å². The topological polar surface area (TPSA) is 30.9 Å². The molecule has 2 heterocycles. The number of hydrazone groups is 1. The van der Waals surface area contributed by atoms with Crippen molar-refractivity contribution in [2.45, 2.75) is 32.2 Å². The molecule has 1 N–H and O–H groups in total. The van der Waals surface area contributed by atoms with Crippen LogP contribution in [0.2, 0.25) is 5.02 Å². The van der Waals surface area contributed by atoms with Gasteiger partial charge in [-0.2, -0.15) is 5.10 Å². The average Bonchev–Trinajstić information content (AvgIpc) is 3.07. The maximum absolute atomic E-state index is 13.5. The number of piperidine rings is 1. The first kappa shape index (κ1) is 20.3. The van der Waals surface area contributed by atoms with Gasteiger partial charge in [0, 0.05) is 19.0 Å². The fraction of sp³-hybridized carbons (Fsp3) is 0.364. The summed E-state index contributed by atoms with van der Waals surface area (Å²) in [5, 5.41) is 9.59. The molecule has 2 aromatic rings. The smallest absolute Gasteiger partial charge is 0.137 e. The Hall–Kier alpha value is -2.02. The van der Waals surface area contributed by atoms with Gasteiger partial charge in [-0.05, 0) is 42.7 Å². The summed E-state index contributed by atoms with van der Waals surface area (Å²) < 4.78 is 13.5. The predicted octanol–water partition coefficient (Wildman–Crippen LogP) is 5.35. The number of hydrogen-bond acceptors (Lipinski definition) is 4. The van der Waals surface area contributed by atoms with Gasteiger partial charge < -0.3 is 5.43 Å². The third kappa shape index (κ3) is 4.29. The lowest BCUT2D eigenvalue weighted by Crippen LogP contribution is -2.47. The lowest BCUT2D eigenvalue weighted by atomic mass is 9.91. The predicted molar refractivity (Wildman–Crippen MR) is 121 cm³/mol. The molecule has 4 rings (SSSR count). The number of para-hydroxylation sites is 1. The molecule has 0 spiro atoms. The number of anilines is 1. The summed E-state index contributed by atoms with van der Waals surface area (Å²) in [4.78, 5) is 0.640. The van der Waals surface area contributed by atoms with Crippen molar-refractivity contribution in [2.24, 2.45) is 11.0 Å². The molecule has 1 saturated heterocycles. The van der Waals surface area contributed by atoms with Crippen molar-refractivity contribution in [2.75, 3.05) is 18.1 Å². The second-order valence-corrected chi connectivity index (χ2v) is 8.37. The monoisotopic (exact) mass is 430 g/mol. The second kappa shape index (κ2) is 8.78. The summed E-state index contributed by atoms with van der Waals surface area (Å²) in [5.41, 5.74) is 5.97. The van der Waals surface area contributed by atoms with Gasteiger partial charge in [0.15, 0.2) is 0 Å². The van der Waals surface area contributed by atoms with Crippen LogP contribution in [-0.2, 0) is 0 Å². The summed E-state index contributed by atoms with van der Waals surface area (Å²) >= 11 is 12.2. The van der Waals surface area contributed by atoms with Crippen LogP contribution in [0.4, 0.5) is 10.1 Å². The largest absolute Gasteiger partial charge is 0.308 e. The van der Waals surface area contributed by atoms with Gasteiger partial charge in [0.1, 0.15) is 16.5 Å². The van der Waals surface area contributed by atoms with Gasteiger partial charge in [0.25, 0.3) is 0 Å². The molecular weight excluding hydrogens is 407 g/mol. The van der Waals surface area contributed by atoms with Crippen LogP contribution in [0.3, 0.4) is 0 Å². The number of benzene rings is 2. The molecule has 0 unspecified atom stereocenters. The summed E-state index contributed by atoms with van der Waals surface area (Å²) in [6.45, 7) is 4.07. The Kier molecular flexibility index (Phi) is 6.13. The van der Waals surface area contributed by atoms with E-state index in [0.29, 0.717) is 10.0 Å². The first-order chi connectivity index (χ1) is 14.0. The van der Waals surface area contributed by atoms with Gasteiger partial charge in [0.05, 0.1) is 16.8 Å². The molecule has 2 aliphatic heterocycles. The molecule has 4 nitrogen and oxygen atoms in total. The summed E-state index contributed by atoms with van der Waals surface area (Å²) in [6.07, 6.45) is 3.60. The SMILES string of the molecule is C[C@@H]1C(C(=S)NN2CCCCC2)=NN(c2ccccc2Cl)[C@@H]1c1ccc(F)cc1. The number of thiocarbonyl (C=S) groups is 1. The molecule has 0 amide bonds. The number of hydrazine groups is 1. The Labute approximate surface area is 181 Å². The Morgan fingerprint density at radius 3 is 2.48 bits per heavy atom. The highest BCUT2D eigenvalue weighted by molar-refractivity contribution is 7.82. The molecule has 0 saturated carbocycles. The lowest BCUT2D eigenvalue weighted by Gasteiger charge is -2.29. The van der Waals surface area contributed by atoms with Crippen molar-refractivity contribution in [3.63, 3.8) is 0 Å². The number of hydrogen-bond donors (Lipinski definition) is 1. The maximum Gasteiger partial charge on any atom is 0.137 e. The van der Waals surface area contributed by atoms with E-state index in [4.69, 9.17) is 28.9 Å². The van der Waals surface area contributed by atoms with Gasteiger partial charge in [-0.25, -0.2) is 9.40 Å². The quantitative estimate of drug-likeness (QED) is 0.662. The van der Waals surface area contributed by atoms with Crippen LogP contribution in [0.1, 0.15) is 37.8 Å². The third-order valence-electron chi connectivity index (χ3n) is 5.54. The summed E-state index contributed by atoms with van der Waals surface area (Å²) in [5.74, 6) is -0.242. The van der Waals surface area contributed by atoms with Crippen LogP contribution in [-0.4, -0.2) is 28.8 Å². The van der Waals surface area contributed by atoms with E-state index in [-0.39, 0.29) is 17.8 Å². The molecule has 0 aromatic heterocycles. The Bertz CT molecular complexity index is 911. The number of rotatable bonds is 4. The number of halogens is 2. The molecule has 2 atom stereocenters. The van der Waals surface area contributed by atoms with E-state index >= 15 is 0 Å². The van der Waals surface area contributed by atoms with E-state index in [0.717, 1.165) is 30.1 Å². The highest BCUT2D eigenvalue weighted by Crippen LogP contribution is 2.41. The van der Waals surface area contributed by atoms with Crippen molar-refractivity contribution >= 4 is 40.2 Å². The van der Waals surface area contributed by atoms with E-state index < -0.39 is 0 Å². The number of nitrogens with zero attached hydrogens (tertiary/aromatic N) is 3. The first-order valence-electron chi connectivity index (χ1n) is 9.98. The van der Waals surface area contributed by atoms with Gasteiger partial charge in [-0.3, -0.25) is 5.01 Å². The number of nitrogens with one attached hydrogen (secondary N) is 1. The first-order valence-corrected chi connectivity index (χ1v) is 10.8. The molecule has 0 aliphatic carbocycles. The van der Waals surface area contributed by atoms with E-state index in [9.17, 15) is 4.39 Å². The average molecular weight is 431 g/mol. The van der Waals surface area contributed by atoms with Crippen LogP contribution in [0.25, 0.3) is 0 Å².